The van der Waals surface area contributed by atoms with Crippen LogP contribution in [0.2, 0.25) is 0 Å². The zero-order chi connectivity index (χ0) is 20.8. The molecule has 1 amide bonds. The minimum atomic E-state index is -1.82. The highest BCUT2D eigenvalue weighted by molar-refractivity contribution is 6.27. The van der Waals surface area contributed by atoms with Crippen molar-refractivity contribution in [3.05, 3.63) is 65.7 Å². The van der Waals surface area contributed by atoms with Crippen molar-refractivity contribution in [2.24, 2.45) is 0 Å². The largest absolute Gasteiger partial charge is 0.473 e. The van der Waals surface area contributed by atoms with Crippen molar-refractivity contribution in [3.63, 3.8) is 0 Å². The van der Waals surface area contributed by atoms with E-state index in [1.54, 1.807) is 11.2 Å². The van der Waals surface area contributed by atoms with Crippen LogP contribution in [-0.2, 0) is 33.9 Å². The van der Waals surface area contributed by atoms with Crippen molar-refractivity contribution in [2.45, 2.75) is 19.6 Å². The number of H-pyrrole nitrogens is 1. The summed E-state index contributed by atoms with van der Waals surface area (Å²) >= 11 is 0. The Balaban J connectivity index is 0.000000353. The SMILES string of the molecule is O=C(O)C(=O)O.O=C(OCc1cccc2ccccc12)N1CCc2[nH]cnc2C1. The summed E-state index contributed by atoms with van der Waals surface area (Å²) in [5.41, 5.74) is 3.07. The first-order valence-electron chi connectivity index (χ1n) is 8.81. The molecule has 0 saturated heterocycles. The van der Waals surface area contributed by atoms with Gasteiger partial charge >= 0.3 is 18.0 Å². The number of hydrogen-bond acceptors (Lipinski definition) is 5. The molecule has 0 bridgehead atoms. The van der Waals surface area contributed by atoms with Gasteiger partial charge in [0.05, 0.1) is 18.6 Å². The predicted molar refractivity (Wildman–Crippen MR) is 102 cm³/mol. The van der Waals surface area contributed by atoms with Crippen LogP contribution in [0, 0.1) is 0 Å². The summed E-state index contributed by atoms with van der Waals surface area (Å²) in [5.74, 6) is -3.65. The monoisotopic (exact) mass is 397 g/mol. The normalized spacial score (nSPS) is 12.5. The number of aromatic nitrogens is 2. The number of nitrogens with one attached hydrogen (secondary N) is 1. The molecular formula is C20H19N3O6. The number of aliphatic carboxylic acids is 2. The van der Waals surface area contributed by atoms with E-state index in [1.807, 2.05) is 24.3 Å². The molecule has 29 heavy (non-hydrogen) atoms. The lowest BCUT2D eigenvalue weighted by Crippen LogP contribution is -2.36. The molecule has 0 radical (unpaired) electrons. The van der Waals surface area contributed by atoms with Gasteiger partial charge in [0, 0.05) is 18.7 Å². The van der Waals surface area contributed by atoms with Gasteiger partial charge in [-0.3, -0.25) is 0 Å². The van der Waals surface area contributed by atoms with Gasteiger partial charge in [-0.1, -0.05) is 42.5 Å². The van der Waals surface area contributed by atoms with Gasteiger partial charge in [-0.25, -0.2) is 19.4 Å². The van der Waals surface area contributed by atoms with Crippen molar-refractivity contribution in [1.29, 1.82) is 0 Å². The van der Waals surface area contributed by atoms with E-state index in [-0.39, 0.29) is 12.7 Å². The zero-order valence-electron chi connectivity index (χ0n) is 15.4. The topological polar surface area (TPSA) is 133 Å². The number of amides is 1. The highest BCUT2D eigenvalue weighted by Gasteiger charge is 2.23. The maximum absolute atomic E-state index is 12.3. The summed E-state index contributed by atoms with van der Waals surface area (Å²) < 4.78 is 5.52. The molecule has 1 aliphatic heterocycles. The van der Waals surface area contributed by atoms with Gasteiger partial charge in [-0.2, -0.15) is 0 Å². The third kappa shape index (κ3) is 4.89. The van der Waals surface area contributed by atoms with Crippen LogP contribution < -0.4 is 0 Å². The Labute approximate surface area is 165 Å². The summed E-state index contributed by atoms with van der Waals surface area (Å²) in [5, 5.41) is 17.1. The van der Waals surface area contributed by atoms with Gasteiger partial charge in [0.1, 0.15) is 6.61 Å². The van der Waals surface area contributed by atoms with Crippen molar-refractivity contribution in [1.82, 2.24) is 14.9 Å². The molecule has 9 heteroatoms. The first-order chi connectivity index (χ1) is 14.0. The van der Waals surface area contributed by atoms with E-state index in [0.29, 0.717) is 13.1 Å². The lowest BCUT2D eigenvalue weighted by molar-refractivity contribution is -0.159. The first-order valence-corrected chi connectivity index (χ1v) is 8.81. The number of fused-ring (bicyclic) bond motifs is 2. The van der Waals surface area contributed by atoms with Crippen molar-refractivity contribution >= 4 is 28.8 Å². The average Bonchev–Trinajstić information content (AvgIpc) is 3.20. The number of aromatic amines is 1. The molecule has 2 aromatic carbocycles. The summed E-state index contributed by atoms with van der Waals surface area (Å²) in [6, 6.07) is 14.2. The fourth-order valence-corrected chi connectivity index (χ4v) is 3.01. The average molecular weight is 397 g/mol. The highest BCUT2D eigenvalue weighted by atomic mass is 16.6. The minimum Gasteiger partial charge on any atom is -0.473 e. The third-order valence-electron chi connectivity index (χ3n) is 4.45. The van der Waals surface area contributed by atoms with Crippen LogP contribution in [0.4, 0.5) is 4.79 Å². The van der Waals surface area contributed by atoms with Crippen LogP contribution >= 0.6 is 0 Å². The molecule has 0 saturated carbocycles. The second-order valence-corrected chi connectivity index (χ2v) is 6.30. The Hall–Kier alpha value is -3.88. The Morgan fingerprint density at radius 3 is 2.55 bits per heavy atom. The van der Waals surface area contributed by atoms with Crippen molar-refractivity contribution in [2.75, 3.05) is 6.54 Å². The van der Waals surface area contributed by atoms with Crippen LogP contribution in [0.25, 0.3) is 10.8 Å². The van der Waals surface area contributed by atoms with Gasteiger partial charge < -0.3 is 24.8 Å². The second kappa shape index (κ2) is 8.87. The van der Waals surface area contributed by atoms with Crippen LogP contribution in [0.3, 0.4) is 0 Å². The summed E-state index contributed by atoms with van der Waals surface area (Å²) in [6.07, 6.45) is 2.18. The Morgan fingerprint density at radius 1 is 1.07 bits per heavy atom. The molecule has 4 rings (SSSR count). The van der Waals surface area contributed by atoms with E-state index in [0.717, 1.165) is 34.1 Å². The summed E-state index contributed by atoms with van der Waals surface area (Å²) in [4.78, 5) is 39.6. The second-order valence-electron chi connectivity index (χ2n) is 6.30. The highest BCUT2D eigenvalue weighted by Crippen LogP contribution is 2.20. The number of imidazole rings is 1. The quantitative estimate of drug-likeness (QED) is 0.566. The zero-order valence-corrected chi connectivity index (χ0v) is 15.4. The number of benzene rings is 2. The molecule has 3 N–H and O–H groups in total. The number of rotatable bonds is 2. The molecule has 2 heterocycles. The number of carboxylic acid groups (broad SMARTS) is 2. The fourth-order valence-electron chi connectivity index (χ4n) is 3.01. The van der Waals surface area contributed by atoms with E-state index >= 15 is 0 Å². The Morgan fingerprint density at radius 2 is 1.79 bits per heavy atom. The van der Waals surface area contributed by atoms with E-state index in [4.69, 9.17) is 24.5 Å². The molecule has 0 aliphatic carbocycles. The van der Waals surface area contributed by atoms with E-state index < -0.39 is 11.9 Å². The van der Waals surface area contributed by atoms with Gasteiger partial charge in [-0.15, -0.1) is 0 Å². The van der Waals surface area contributed by atoms with Crippen LogP contribution in [0.1, 0.15) is 17.0 Å². The van der Waals surface area contributed by atoms with Crippen LogP contribution in [-0.4, -0.2) is 49.7 Å². The van der Waals surface area contributed by atoms with E-state index in [1.165, 1.54) is 0 Å². The maximum atomic E-state index is 12.3. The lowest BCUT2D eigenvalue weighted by Gasteiger charge is -2.25. The number of carboxylic acids is 2. The smallest absolute Gasteiger partial charge is 0.414 e. The standard InChI is InChI=1S/C18H17N3O2.C2H2O4/c22-18(21-9-8-16-17(10-21)20-12-19-16)23-11-14-6-3-5-13-4-1-2-7-15(13)14;3-1(4)2(5)6/h1-7,12H,8-11H2,(H,19,20);(H,3,4)(H,5,6). The van der Waals surface area contributed by atoms with Gasteiger partial charge in [0.15, 0.2) is 0 Å². The number of nitrogens with zero attached hydrogens (tertiary/aromatic N) is 2. The van der Waals surface area contributed by atoms with Crippen LogP contribution in [0.15, 0.2) is 48.8 Å². The molecule has 1 aromatic heterocycles. The van der Waals surface area contributed by atoms with Crippen LogP contribution in [0.5, 0.6) is 0 Å². The Bertz CT molecular complexity index is 1030. The van der Waals surface area contributed by atoms with E-state index in [9.17, 15) is 4.79 Å². The molecule has 150 valence electrons. The lowest BCUT2D eigenvalue weighted by atomic mass is 10.1. The number of carbonyl (C=O) groups excluding carboxylic acids is 1. The maximum Gasteiger partial charge on any atom is 0.414 e. The van der Waals surface area contributed by atoms with Crippen molar-refractivity contribution in [3.8, 4) is 0 Å². The minimum absolute atomic E-state index is 0.282. The molecule has 3 aromatic rings. The molecule has 0 atom stereocenters. The molecule has 0 unspecified atom stereocenters. The first kappa shape index (κ1) is 19.9. The van der Waals surface area contributed by atoms with Gasteiger partial charge in [-0.05, 0) is 16.3 Å². The third-order valence-corrected chi connectivity index (χ3v) is 4.45. The van der Waals surface area contributed by atoms with Crippen molar-refractivity contribution < 1.29 is 29.3 Å². The summed E-state index contributed by atoms with van der Waals surface area (Å²) in [7, 11) is 0. The number of ether oxygens (including phenoxy) is 1. The van der Waals surface area contributed by atoms with Gasteiger partial charge in [0.25, 0.3) is 0 Å². The summed E-state index contributed by atoms with van der Waals surface area (Å²) in [6.45, 7) is 1.45. The Kier molecular flexibility index (Phi) is 6.08. The van der Waals surface area contributed by atoms with Gasteiger partial charge in [0.2, 0.25) is 0 Å². The fraction of sp³-hybridized carbons (Fsp3) is 0.200. The number of hydrogen-bond donors (Lipinski definition) is 3. The predicted octanol–water partition coefficient (Wildman–Crippen LogP) is 2.41. The van der Waals surface area contributed by atoms with E-state index in [2.05, 4.69) is 28.2 Å². The molecule has 9 nitrogen and oxygen atoms in total. The molecular weight excluding hydrogens is 378 g/mol. The molecule has 1 aliphatic rings. The number of carbonyl (C=O) groups is 3. The molecule has 0 fully saturated rings. The molecule has 0 spiro atoms.